The first-order valence-corrected chi connectivity index (χ1v) is 5.91. The number of aryl methyl sites for hydroxylation is 1. The van der Waals surface area contributed by atoms with Gasteiger partial charge in [0.2, 0.25) is 0 Å². The van der Waals surface area contributed by atoms with Gasteiger partial charge in [-0.1, -0.05) is 31.5 Å². The third-order valence-corrected chi connectivity index (χ3v) is 2.72. The summed E-state index contributed by atoms with van der Waals surface area (Å²) in [6.07, 6.45) is 0. The highest BCUT2D eigenvalue weighted by atomic mass is 16.5. The lowest BCUT2D eigenvalue weighted by molar-refractivity contribution is -0.144. The molecular formula is C14H19NO3. The molecule has 0 aromatic heterocycles. The molecule has 1 aromatic carbocycles. The molecule has 0 heterocycles. The van der Waals surface area contributed by atoms with Crippen LogP contribution in [-0.4, -0.2) is 25.0 Å². The Balaban J connectivity index is 2.78. The molecule has 0 bridgehead atoms. The Morgan fingerprint density at radius 1 is 1.17 bits per heavy atom. The lowest BCUT2D eigenvalue weighted by Gasteiger charge is -2.19. The molecule has 0 aliphatic carbocycles. The topological polar surface area (TPSA) is 55.4 Å². The van der Waals surface area contributed by atoms with E-state index in [0.717, 1.165) is 5.56 Å². The maximum absolute atomic E-state index is 12.0. The molecule has 1 N–H and O–H groups in total. The molecule has 0 radical (unpaired) electrons. The SMILES string of the molecule is COC(=O)C(NC(=O)c1ccc(C)cc1)C(C)C. The van der Waals surface area contributed by atoms with Crippen molar-refractivity contribution >= 4 is 11.9 Å². The van der Waals surface area contributed by atoms with Crippen LogP contribution in [-0.2, 0) is 9.53 Å². The number of carbonyl (C=O) groups is 2. The van der Waals surface area contributed by atoms with Gasteiger partial charge in [-0.15, -0.1) is 0 Å². The first-order chi connectivity index (χ1) is 8.45. The summed E-state index contributed by atoms with van der Waals surface area (Å²) in [5.74, 6) is -0.712. The first-order valence-electron chi connectivity index (χ1n) is 5.91. The molecule has 18 heavy (non-hydrogen) atoms. The third kappa shape index (κ3) is 3.58. The molecular weight excluding hydrogens is 230 g/mol. The molecule has 0 saturated heterocycles. The van der Waals surface area contributed by atoms with E-state index in [-0.39, 0.29) is 11.8 Å². The second-order valence-corrected chi connectivity index (χ2v) is 4.58. The van der Waals surface area contributed by atoms with Gasteiger partial charge in [-0.25, -0.2) is 4.79 Å². The monoisotopic (exact) mass is 249 g/mol. The van der Waals surface area contributed by atoms with Crippen LogP contribution in [0, 0.1) is 12.8 Å². The van der Waals surface area contributed by atoms with Crippen LogP contribution >= 0.6 is 0 Å². The lowest BCUT2D eigenvalue weighted by atomic mass is 10.0. The molecule has 98 valence electrons. The molecule has 1 unspecified atom stereocenters. The van der Waals surface area contributed by atoms with E-state index in [2.05, 4.69) is 10.1 Å². The predicted octanol–water partition coefficient (Wildman–Crippen LogP) is 1.92. The largest absolute Gasteiger partial charge is 0.467 e. The zero-order valence-corrected chi connectivity index (χ0v) is 11.2. The van der Waals surface area contributed by atoms with Crippen molar-refractivity contribution in [3.8, 4) is 0 Å². The number of amides is 1. The van der Waals surface area contributed by atoms with Crippen molar-refractivity contribution in [3.63, 3.8) is 0 Å². The third-order valence-electron chi connectivity index (χ3n) is 2.72. The van der Waals surface area contributed by atoms with Gasteiger partial charge in [0, 0.05) is 5.56 Å². The van der Waals surface area contributed by atoms with Crippen LogP contribution in [0.15, 0.2) is 24.3 Å². The molecule has 1 atom stereocenters. The number of benzene rings is 1. The molecule has 0 fully saturated rings. The van der Waals surface area contributed by atoms with Gasteiger partial charge < -0.3 is 10.1 Å². The molecule has 4 heteroatoms. The van der Waals surface area contributed by atoms with Crippen molar-refractivity contribution in [1.82, 2.24) is 5.32 Å². The highest BCUT2D eigenvalue weighted by molar-refractivity contribution is 5.96. The zero-order chi connectivity index (χ0) is 13.7. The normalized spacial score (nSPS) is 12.1. The number of methoxy groups -OCH3 is 1. The molecule has 4 nitrogen and oxygen atoms in total. The number of ether oxygens (including phenoxy) is 1. The van der Waals surface area contributed by atoms with Crippen LogP contribution in [0.1, 0.15) is 29.8 Å². The lowest BCUT2D eigenvalue weighted by Crippen LogP contribution is -2.45. The summed E-state index contributed by atoms with van der Waals surface area (Å²) in [4.78, 5) is 23.5. The summed E-state index contributed by atoms with van der Waals surface area (Å²) < 4.78 is 4.68. The van der Waals surface area contributed by atoms with E-state index >= 15 is 0 Å². The molecule has 0 aliphatic rings. The average molecular weight is 249 g/mol. The van der Waals surface area contributed by atoms with Gasteiger partial charge in [-0.05, 0) is 25.0 Å². The molecule has 1 amide bonds. The van der Waals surface area contributed by atoms with E-state index in [9.17, 15) is 9.59 Å². The number of nitrogens with one attached hydrogen (secondary N) is 1. The van der Waals surface area contributed by atoms with Crippen molar-refractivity contribution in [2.75, 3.05) is 7.11 Å². The van der Waals surface area contributed by atoms with Gasteiger partial charge in [0.25, 0.3) is 5.91 Å². The van der Waals surface area contributed by atoms with E-state index in [1.54, 1.807) is 12.1 Å². The van der Waals surface area contributed by atoms with Gasteiger partial charge in [0.15, 0.2) is 0 Å². The fourth-order valence-corrected chi connectivity index (χ4v) is 1.55. The highest BCUT2D eigenvalue weighted by Crippen LogP contribution is 2.07. The van der Waals surface area contributed by atoms with Crippen molar-refractivity contribution in [3.05, 3.63) is 35.4 Å². The van der Waals surface area contributed by atoms with Crippen LogP contribution in [0.5, 0.6) is 0 Å². The van der Waals surface area contributed by atoms with Crippen LogP contribution in [0.2, 0.25) is 0 Å². The average Bonchev–Trinajstić information content (AvgIpc) is 2.35. The smallest absolute Gasteiger partial charge is 0.328 e. The fraction of sp³-hybridized carbons (Fsp3) is 0.429. The summed E-state index contributed by atoms with van der Waals surface area (Å²) in [6, 6.07) is 6.57. The number of hydrogen-bond donors (Lipinski definition) is 1. The molecule has 0 saturated carbocycles. The van der Waals surface area contributed by atoms with Crippen molar-refractivity contribution in [2.45, 2.75) is 26.8 Å². The molecule has 0 aliphatic heterocycles. The minimum atomic E-state index is -0.621. The van der Waals surface area contributed by atoms with Gasteiger partial charge in [-0.3, -0.25) is 4.79 Å². The second-order valence-electron chi connectivity index (χ2n) is 4.58. The Morgan fingerprint density at radius 2 is 1.72 bits per heavy atom. The number of rotatable bonds is 4. The van der Waals surface area contributed by atoms with Crippen LogP contribution < -0.4 is 5.32 Å². The Bertz CT molecular complexity index is 423. The van der Waals surface area contributed by atoms with E-state index < -0.39 is 12.0 Å². The summed E-state index contributed by atoms with van der Waals surface area (Å²) in [6.45, 7) is 5.67. The summed E-state index contributed by atoms with van der Waals surface area (Å²) in [5, 5.41) is 2.69. The van der Waals surface area contributed by atoms with E-state index in [4.69, 9.17) is 0 Å². The Labute approximate surface area is 107 Å². The Morgan fingerprint density at radius 3 is 2.17 bits per heavy atom. The van der Waals surface area contributed by atoms with Crippen molar-refractivity contribution in [2.24, 2.45) is 5.92 Å². The van der Waals surface area contributed by atoms with Gasteiger partial charge in [-0.2, -0.15) is 0 Å². The summed E-state index contributed by atoms with van der Waals surface area (Å²) in [7, 11) is 1.32. The van der Waals surface area contributed by atoms with Gasteiger partial charge in [0.1, 0.15) is 6.04 Å². The van der Waals surface area contributed by atoms with Crippen LogP contribution in [0.25, 0.3) is 0 Å². The summed E-state index contributed by atoms with van der Waals surface area (Å²) in [5.41, 5.74) is 1.62. The van der Waals surface area contributed by atoms with E-state index in [0.29, 0.717) is 5.56 Å². The van der Waals surface area contributed by atoms with E-state index in [1.165, 1.54) is 7.11 Å². The highest BCUT2D eigenvalue weighted by Gasteiger charge is 2.25. The van der Waals surface area contributed by atoms with Crippen molar-refractivity contribution < 1.29 is 14.3 Å². The summed E-state index contributed by atoms with van der Waals surface area (Å²) >= 11 is 0. The maximum Gasteiger partial charge on any atom is 0.328 e. The Hall–Kier alpha value is -1.84. The van der Waals surface area contributed by atoms with Crippen LogP contribution in [0.3, 0.4) is 0 Å². The maximum atomic E-state index is 12.0. The fourth-order valence-electron chi connectivity index (χ4n) is 1.55. The van der Waals surface area contributed by atoms with Crippen LogP contribution in [0.4, 0.5) is 0 Å². The minimum absolute atomic E-state index is 0.0214. The quantitative estimate of drug-likeness (QED) is 0.829. The van der Waals surface area contributed by atoms with Gasteiger partial charge >= 0.3 is 5.97 Å². The van der Waals surface area contributed by atoms with Crippen molar-refractivity contribution in [1.29, 1.82) is 0 Å². The zero-order valence-electron chi connectivity index (χ0n) is 11.2. The number of carbonyl (C=O) groups excluding carboxylic acids is 2. The van der Waals surface area contributed by atoms with E-state index in [1.807, 2.05) is 32.9 Å². The predicted molar refractivity (Wildman–Crippen MR) is 69.3 cm³/mol. The standard InChI is InChI=1S/C14H19NO3/c1-9(2)12(14(17)18-4)15-13(16)11-7-5-10(3)6-8-11/h5-9,12H,1-4H3,(H,15,16). The molecule has 1 aromatic rings. The number of esters is 1. The molecule has 0 spiro atoms. The Kier molecular flexibility index (Phi) is 4.89. The molecule has 1 rings (SSSR count). The second kappa shape index (κ2) is 6.19. The van der Waals surface area contributed by atoms with Gasteiger partial charge in [0.05, 0.1) is 7.11 Å². The first kappa shape index (κ1) is 14.2. The minimum Gasteiger partial charge on any atom is -0.467 e. The number of hydrogen-bond acceptors (Lipinski definition) is 3.